The molecule has 28 heavy (non-hydrogen) atoms. The highest BCUT2D eigenvalue weighted by Crippen LogP contribution is 2.20. The van der Waals surface area contributed by atoms with Crippen LogP contribution in [0.2, 0.25) is 5.02 Å². The van der Waals surface area contributed by atoms with Crippen LogP contribution in [0.3, 0.4) is 0 Å². The van der Waals surface area contributed by atoms with Gasteiger partial charge in [-0.05, 0) is 36.2 Å². The van der Waals surface area contributed by atoms with Crippen LogP contribution < -0.4 is 5.32 Å². The summed E-state index contributed by atoms with van der Waals surface area (Å²) in [6.45, 7) is 4.49. The number of benzene rings is 2. The quantitative estimate of drug-likeness (QED) is 0.832. The van der Waals surface area contributed by atoms with Gasteiger partial charge in [0.2, 0.25) is 5.91 Å². The molecule has 0 bridgehead atoms. The molecule has 0 aliphatic carbocycles. The van der Waals surface area contributed by atoms with Gasteiger partial charge in [-0.25, -0.2) is 4.39 Å². The van der Waals surface area contributed by atoms with Crippen molar-refractivity contribution in [1.29, 1.82) is 0 Å². The van der Waals surface area contributed by atoms with Gasteiger partial charge in [0.25, 0.3) is 5.91 Å². The molecule has 5 nitrogen and oxygen atoms in total. The average Bonchev–Trinajstić information content (AvgIpc) is 2.68. The lowest BCUT2D eigenvalue weighted by Gasteiger charge is -2.34. The second-order valence-electron chi connectivity index (χ2n) is 6.75. The third-order valence-corrected chi connectivity index (χ3v) is 5.17. The Labute approximate surface area is 169 Å². The molecular formula is C21H23ClFN3O2. The molecule has 0 aromatic heterocycles. The van der Waals surface area contributed by atoms with Crippen LogP contribution in [0.15, 0.2) is 42.5 Å². The highest BCUT2D eigenvalue weighted by Gasteiger charge is 2.24. The van der Waals surface area contributed by atoms with Gasteiger partial charge in [-0.2, -0.15) is 0 Å². The van der Waals surface area contributed by atoms with Crippen LogP contribution in [0.5, 0.6) is 0 Å². The lowest BCUT2D eigenvalue weighted by Crippen LogP contribution is -2.50. The van der Waals surface area contributed by atoms with E-state index < -0.39 is 5.82 Å². The van der Waals surface area contributed by atoms with E-state index in [0.717, 1.165) is 23.7 Å². The number of para-hydroxylation sites is 1. The zero-order valence-electron chi connectivity index (χ0n) is 15.8. The smallest absolute Gasteiger partial charge is 0.255 e. The number of carbonyl (C=O) groups excluding carboxylic acids is 2. The number of aryl methyl sites for hydroxylation is 1. The van der Waals surface area contributed by atoms with Crippen molar-refractivity contribution in [1.82, 2.24) is 9.80 Å². The summed E-state index contributed by atoms with van der Waals surface area (Å²) in [6.07, 6.45) is 0.850. The molecule has 148 valence electrons. The van der Waals surface area contributed by atoms with Crippen LogP contribution >= 0.6 is 11.6 Å². The molecule has 0 saturated carbocycles. The van der Waals surface area contributed by atoms with Crippen molar-refractivity contribution in [3.8, 4) is 0 Å². The molecule has 1 saturated heterocycles. The second-order valence-corrected chi connectivity index (χ2v) is 7.16. The number of carbonyl (C=O) groups is 2. The minimum Gasteiger partial charge on any atom is -0.336 e. The highest BCUT2D eigenvalue weighted by molar-refractivity contribution is 6.33. The first-order valence-corrected chi connectivity index (χ1v) is 9.70. The summed E-state index contributed by atoms with van der Waals surface area (Å²) in [5.74, 6) is -0.754. The molecule has 0 atom stereocenters. The van der Waals surface area contributed by atoms with Gasteiger partial charge < -0.3 is 10.2 Å². The summed E-state index contributed by atoms with van der Waals surface area (Å²) in [6, 6.07) is 11.5. The summed E-state index contributed by atoms with van der Waals surface area (Å²) >= 11 is 5.99. The van der Waals surface area contributed by atoms with Crippen molar-refractivity contribution in [2.45, 2.75) is 13.3 Å². The summed E-state index contributed by atoms with van der Waals surface area (Å²) < 4.78 is 13.2. The molecule has 2 aromatic rings. The van der Waals surface area contributed by atoms with Crippen LogP contribution in [0, 0.1) is 5.82 Å². The topological polar surface area (TPSA) is 52.7 Å². The van der Waals surface area contributed by atoms with Crippen LogP contribution in [-0.4, -0.2) is 54.3 Å². The van der Waals surface area contributed by atoms with Crippen molar-refractivity contribution >= 4 is 29.1 Å². The van der Waals surface area contributed by atoms with Gasteiger partial charge >= 0.3 is 0 Å². The molecule has 1 N–H and O–H groups in total. The number of hydrogen-bond donors (Lipinski definition) is 1. The van der Waals surface area contributed by atoms with Crippen molar-refractivity contribution in [3.63, 3.8) is 0 Å². The molecule has 1 fully saturated rings. The van der Waals surface area contributed by atoms with Gasteiger partial charge in [-0.3, -0.25) is 14.5 Å². The fraction of sp³-hybridized carbons (Fsp3) is 0.333. The summed E-state index contributed by atoms with van der Waals surface area (Å²) in [5.41, 5.74) is 2.24. The first kappa shape index (κ1) is 20.3. The number of rotatable bonds is 5. The summed E-state index contributed by atoms with van der Waals surface area (Å²) in [7, 11) is 0. The van der Waals surface area contributed by atoms with Gasteiger partial charge in [0, 0.05) is 31.9 Å². The van der Waals surface area contributed by atoms with E-state index in [1.165, 1.54) is 12.1 Å². The maximum atomic E-state index is 13.2. The van der Waals surface area contributed by atoms with Gasteiger partial charge in [0.05, 0.1) is 17.1 Å². The van der Waals surface area contributed by atoms with E-state index in [0.29, 0.717) is 31.7 Å². The van der Waals surface area contributed by atoms with Gasteiger partial charge in [-0.15, -0.1) is 0 Å². The molecule has 0 spiro atoms. The Morgan fingerprint density at radius 1 is 1.11 bits per heavy atom. The number of halogens is 2. The van der Waals surface area contributed by atoms with E-state index in [1.807, 2.05) is 29.2 Å². The van der Waals surface area contributed by atoms with Crippen LogP contribution in [0.1, 0.15) is 22.8 Å². The first-order valence-electron chi connectivity index (χ1n) is 9.32. The third kappa shape index (κ3) is 4.88. The van der Waals surface area contributed by atoms with Crippen LogP contribution in [-0.2, 0) is 11.2 Å². The predicted molar refractivity (Wildman–Crippen MR) is 108 cm³/mol. The molecule has 3 rings (SSSR count). The lowest BCUT2D eigenvalue weighted by atomic mass is 10.1. The Balaban J connectivity index is 1.52. The van der Waals surface area contributed by atoms with E-state index in [9.17, 15) is 14.0 Å². The summed E-state index contributed by atoms with van der Waals surface area (Å²) in [5, 5.41) is 3.08. The monoisotopic (exact) mass is 403 g/mol. The molecule has 1 aliphatic heterocycles. The van der Waals surface area contributed by atoms with E-state index in [2.05, 4.69) is 12.2 Å². The lowest BCUT2D eigenvalue weighted by molar-refractivity contribution is -0.117. The Hall–Kier alpha value is -2.44. The maximum absolute atomic E-state index is 13.2. The zero-order chi connectivity index (χ0) is 20.1. The number of amides is 2. The van der Waals surface area contributed by atoms with Crippen LogP contribution in [0.4, 0.5) is 10.1 Å². The minimum atomic E-state index is -0.470. The molecule has 0 radical (unpaired) electrons. The highest BCUT2D eigenvalue weighted by atomic mass is 35.5. The van der Waals surface area contributed by atoms with E-state index in [1.54, 1.807) is 4.90 Å². The number of anilines is 1. The van der Waals surface area contributed by atoms with Crippen molar-refractivity contribution in [2.75, 3.05) is 38.0 Å². The molecule has 1 heterocycles. The molecule has 1 aliphatic rings. The predicted octanol–water partition coefficient (Wildman–Crippen LogP) is 3.44. The largest absolute Gasteiger partial charge is 0.336 e. The van der Waals surface area contributed by atoms with Crippen LogP contribution in [0.25, 0.3) is 0 Å². The van der Waals surface area contributed by atoms with E-state index in [-0.39, 0.29) is 23.4 Å². The third-order valence-electron chi connectivity index (χ3n) is 4.86. The van der Waals surface area contributed by atoms with Crippen molar-refractivity contribution in [2.24, 2.45) is 0 Å². The number of piperazine rings is 1. The molecule has 7 heteroatoms. The maximum Gasteiger partial charge on any atom is 0.255 e. The van der Waals surface area contributed by atoms with Gasteiger partial charge in [0.1, 0.15) is 5.82 Å². The first-order chi connectivity index (χ1) is 13.5. The molecule has 2 amide bonds. The zero-order valence-corrected chi connectivity index (χ0v) is 16.5. The number of hydrogen-bond acceptors (Lipinski definition) is 3. The standard InChI is InChI=1S/C21H23ClFN3O2/c1-2-15-5-3-4-6-19(15)24-20(27)14-25-9-11-26(12-10-25)21(28)17-8-7-16(23)13-18(17)22/h3-8,13H,2,9-12,14H2,1H3,(H,24,27). The fourth-order valence-corrected chi connectivity index (χ4v) is 3.53. The Kier molecular flexibility index (Phi) is 6.65. The Bertz CT molecular complexity index is 866. The van der Waals surface area contributed by atoms with Crippen molar-refractivity contribution in [3.05, 3.63) is 64.4 Å². The number of nitrogens with zero attached hydrogens (tertiary/aromatic N) is 2. The molecular weight excluding hydrogens is 381 g/mol. The Morgan fingerprint density at radius 3 is 2.50 bits per heavy atom. The minimum absolute atomic E-state index is 0.0674. The van der Waals surface area contributed by atoms with Crippen molar-refractivity contribution < 1.29 is 14.0 Å². The van der Waals surface area contributed by atoms with E-state index >= 15 is 0 Å². The van der Waals surface area contributed by atoms with Gasteiger partial charge in [0.15, 0.2) is 0 Å². The number of nitrogens with one attached hydrogen (secondary N) is 1. The van der Waals surface area contributed by atoms with E-state index in [4.69, 9.17) is 11.6 Å². The molecule has 0 unspecified atom stereocenters. The Morgan fingerprint density at radius 2 is 1.82 bits per heavy atom. The normalized spacial score (nSPS) is 14.8. The second kappa shape index (κ2) is 9.17. The summed E-state index contributed by atoms with van der Waals surface area (Å²) in [4.78, 5) is 28.7. The fourth-order valence-electron chi connectivity index (χ4n) is 3.29. The molecule has 2 aromatic carbocycles. The van der Waals surface area contributed by atoms with Gasteiger partial charge in [-0.1, -0.05) is 36.7 Å². The SMILES string of the molecule is CCc1ccccc1NC(=O)CN1CCN(C(=O)c2ccc(F)cc2Cl)CC1. The average molecular weight is 404 g/mol.